The molecule has 24 heavy (non-hydrogen) atoms. The molecule has 1 aromatic heterocycles. The highest BCUT2D eigenvalue weighted by atomic mass is 35.5. The standard InChI is InChI=1S/C18H22ClN3O2/c1-12-9-13(2)11-22(10-12)17(23)8-7-16-20-18(21-24-16)14-3-5-15(19)6-4-14/h3-6,12-13H,7-11H2,1-2H3. The van der Waals surface area contributed by atoms with Crippen molar-refractivity contribution in [3.8, 4) is 11.4 Å². The summed E-state index contributed by atoms with van der Waals surface area (Å²) >= 11 is 5.88. The first-order valence-corrected chi connectivity index (χ1v) is 8.75. The maximum absolute atomic E-state index is 12.4. The Morgan fingerprint density at radius 3 is 2.58 bits per heavy atom. The van der Waals surface area contributed by atoms with Gasteiger partial charge in [-0.1, -0.05) is 30.6 Å². The van der Waals surface area contributed by atoms with Gasteiger partial charge in [-0.25, -0.2) is 0 Å². The second-order valence-electron chi connectivity index (χ2n) is 6.76. The molecule has 0 bridgehead atoms. The van der Waals surface area contributed by atoms with Gasteiger partial charge in [-0.2, -0.15) is 4.98 Å². The second kappa shape index (κ2) is 7.34. The SMILES string of the molecule is CC1CC(C)CN(C(=O)CCc2nc(-c3ccc(Cl)cc3)no2)C1. The average Bonchev–Trinajstić information content (AvgIpc) is 3.01. The van der Waals surface area contributed by atoms with E-state index in [0.717, 1.165) is 18.7 Å². The summed E-state index contributed by atoms with van der Waals surface area (Å²) in [6.45, 7) is 6.10. The molecule has 1 aliphatic heterocycles. The molecule has 0 aliphatic carbocycles. The predicted octanol–water partition coefficient (Wildman–Crippen LogP) is 3.83. The molecule has 2 atom stereocenters. The Labute approximate surface area is 147 Å². The van der Waals surface area contributed by atoms with Gasteiger partial charge in [0.05, 0.1) is 0 Å². The van der Waals surface area contributed by atoms with Gasteiger partial charge in [-0.05, 0) is 42.5 Å². The van der Waals surface area contributed by atoms with E-state index in [1.54, 1.807) is 12.1 Å². The van der Waals surface area contributed by atoms with Gasteiger partial charge in [0.25, 0.3) is 0 Å². The topological polar surface area (TPSA) is 59.2 Å². The minimum Gasteiger partial charge on any atom is -0.342 e. The van der Waals surface area contributed by atoms with Crippen molar-refractivity contribution >= 4 is 17.5 Å². The van der Waals surface area contributed by atoms with E-state index in [-0.39, 0.29) is 5.91 Å². The van der Waals surface area contributed by atoms with Crippen molar-refractivity contribution in [2.75, 3.05) is 13.1 Å². The molecular formula is C18H22ClN3O2. The van der Waals surface area contributed by atoms with E-state index >= 15 is 0 Å². The lowest BCUT2D eigenvalue weighted by Crippen LogP contribution is -2.42. The second-order valence-corrected chi connectivity index (χ2v) is 7.20. The van der Waals surface area contributed by atoms with Crippen LogP contribution in [-0.4, -0.2) is 34.0 Å². The quantitative estimate of drug-likeness (QED) is 0.843. The Bertz CT molecular complexity index is 689. The maximum atomic E-state index is 12.4. The van der Waals surface area contributed by atoms with Gasteiger partial charge in [-0.15, -0.1) is 0 Å². The van der Waals surface area contributed by atoms with Crippen LogP contribution in [0.3, 0.4) is 0 Å². The summed E-state index contributed by atoms with van der Waals surface area (Å²) in [6.07, 6.45) is 2.07. The minimum absolute atomic E-state index is 0.166. The van der Waals surface area contributed by atoms with E-state index in [1.165, 1.54) is 6.42 Å². The van der Waals surface area contributed by atoms with Crippen LogP contribution >= 0.6 is 11.6 Å². The lowest BCUT2D eigenvalue weighted by atomic mass is 9.91. The molecule has 1 saturated heterocycles. The van der Waals surface area contributed by atoms with Gasteiger partial charge < -0.3 is 9.42 Å². The predicted molar refractivity (Wildman–Crippen MR) is 92.6 cm³/mol. The monoisotopic (exact) mass is 347 g/mol. The van der Waals surface area contributed by atoms with Gasteiger partial charge in [0.1, 0.15) is 0 Å². The molecule has 2 heterocycles. The number of likely N-dealkylation sites (tertiary alicyclic amines) is 1. The fraction of sp³-hybridized carbons (Fsp3) is 0.500. The zero-order valence-corrected chi connectivity index (χ0v) is 14.8. The van der Waals surface area contributed by atoms with Crippen LogP contribution in [0.1, 0.15) is 32.6 Å². The summed E-state index contributed by atoms with van der Waals surface area (Å²) in [6, 6.07) is 7.27. The number of halogens is 1. The number of carbonyl (C=O) groups excluding carboxylic acids is 1. The van der Waals surface area contributed by atoms with Gasteiger partial charge in [0.15, 0.2) is 0 Å². The van der Waals surface area contributed by atoms with Crippen LogP contribution in [-0.2, 0) is 11.2 Å². The maximum Gasteiger partial charge on any atom is 0.227 e. The van der Waals surface area contributed by atoms with E-state index in [1.807, 2.05) is 17.0 Å². The zero-order valence-electron chi connectivity index (χ0n) is 14.0. The highest BCUT2D eigenvalue weighted by molar-refractivity contribution is 6.30. The third-order valence-corrected chi connectivity index (χ3v) is 4.60. The summed E-state index contributed by atoms with van der Waals surface area (Å²) in [5.74, 6) is 2.32. The molecule has 1 fully saturated rings. The number of carbonyl (C=O) groups is 1. The molecule has 3 rings (SSSR count). The summed E-state index contributed by atoms with van der Waals surface area (Å²) in [7, 11) is 0. The van der Waals surface area contributed by atoms with E-state index < -0.39 is 0 Å². The molecule has 1 aromatic carbocycles. The van der Waals surface area contributed by atoms with Crippen LogP contribution in [0, 0.1) is 11.8 Å². The Morgan fingerprint density at radius 2 is 1.92 bits per heavy atom. The summed E-state index contributed by atoms with van der Waals surface area (Å²) in [5.41, 5.74) is 0.847. The molecule has 0 N–H and O–H groups in total. The van der Waals surface area contributed by atoms with Crippen molar-refractivity contribution in [3.63, 3.8) is 0 Å². The molecule has 1 amide bonds. The van der Waals surface area contributed by atoms with Crippen molar-refractivity contribution in [2.24, 2.45) is 11.8 Å². The normalized spacial score (nSPS) is 21.0. The van der Waals surface area contributed by atoms with Gasteiger partial charge in [0, 0.05) is 36.5 Å². The fourth-order valence-electron chi connectivity index (χ4n) is 3.31. The van der Waals surface area contributed by atoms with Gasteiger partial charge in [-0.3, -0.25) is 4.79 Å². The molecule has 2 aromatic rings. The summed E-state index contributed by atoms with van der Waals surface area (Å²) < 4.78 is 5.26. The first kappa shape index (κ1) is 17.0. The van der Waals surface area contributed by atoms with Crippen LogP contribution in [0.2, 0.25) is 5.02 Å². The number of hydrogen-bond donors (Lipinski definition) is 0. The van der Waals surface area contributed by atoms with E-state index in [0.29, 0.717) is 41.4 Å². The smallest absolute Gasteiger partial charge is 0.227 e. The molecule has 0 saturated carbocycles. The molecule has 128 valence electrons. The lowest BCUT2D eigenvalue weighted by molar-refractivity contribution is -0.133. The number of hydrogen-bond acceptors (Lipinski definition) is 4. The number of nitrogens with zero attached hydrogens (tertiary/aromatic N) is 3. The highest BCUT2D eigenvalue weighted by Gasteiger charge is 2.25. The summed E-state index contributed by atoms with van der Waals surface area (Å²) in [5, 5.41) is 4.64. The number of aryl methyl sites for hydroxylation is 1. The number of rotatable bonds is 4. The van der Waals surface area contributed by atoms with Crippen LogP contribution in [0.4, 0.5) is 0 Å². The van der Waals surface area contributed by atoms with Crippen LogP contribution in [0.15, 0.2) is 28.8 Å². The van der Waals surface area contributed by atoms with Crippen LogP contribution < -0.4 is 0 Å². The first-order valence-electron chi connectivity index (χ1n) is 8.37. The third kappa shape index (κ3) is 4.15. The third-order valence-electron chi connectivity index (χ3n) is 4.34. The number of aromatic nitrogens is 2. The van der Waals surface area contributed by atoms with Crippen molar-refractivity contribution in [1.82, 2.24) is 15.0 Å². The molecule has 5 nitrogen and oxygen atoms in total. The first-order chi connectivity index (χ1) is 11.5. The molecule has 1 aliphatic rings. The van der Waals surface area contributed by atoms with Crippen molar-refractivity contribution in [3.05, 3.63) is 35.2 Å². The van der Waals surface area contributed by atoms with Crippen LogP contribution in [0.5, 0.6) is 0 Å². The lowest BCUT2D eigenvalue weighted by Gasteiger charge is -2.35. The molecule has 0 spiro atoms. The average molecular weight is 348 g/mol. The molecule has 2 unspecified atom stereocenters. The Kier molecular flexibility index (Phi) is 5.19. The van der Waals surface area contributed by atoms with Gasteiger partial charge >= 0.3 is 0 Å². The number of benzene rings is 1. The largest absolute Gasteiger partial charge is 0.342 e. The summed E-state index contributed by atoms with van der Waals surface area (Å²) in [4.78, 5) is 18.7. The minimum atomic E-state index is 0.166. The van der Waals surface area contributed by atoms with Crippen molar-refractivity contribution < 1.29 is 9.32 Å². The van der Waals surface area contributed by atoms with E-state index in [9.17, 15) is 4.79 Å². The Morgan fingerprint density at radius 1 is 1.25 bits per heavy atom. The van der Waals surface area contributed by atoms with Crippen molar-refractivity contribution in [1.29, 1.82) is 0 Å². The highest BCUT2D eigenvalue weighted by Crippen LogP contribution is 2.22. The Hall–Kier alpha value is -1.88. The number of amides is 1. The van der Waals surface area contributed by atoms with E-state index in [2.05, 4.69) is 24.0 Å². The molecule has 6 heteroatoms. The molecule has 0 radical (unpaired) electrons. The fourth-order valence-corrected chi connectivity index (χ4v) is 3.44. The van der Waals surface area contributed by atoms with Crippen molar-refractivity contribution in [2.45, 2.75) is 33.1 Å². The van der Waals surface area contributed by atoms with Crippen LogP contribution in [0.25, 0.3) is 11.4 Å². The Balaban J connectivity index is 1.57. The van der Waals surface area contributed by atoms with Gasteiger partial charge in [0.2, 0.25) is 17.6 Å². The number of piperidine rings is 1. The van der Waals surface area contributed by atoms with E-state index in [4.69, 9.17) is 16.1 Å². The zero-order chi connectivity index (χ0) is 17.1. The molecular weight excluding hydrogens is 326 g/mol.